The van der Waals surface area contributed by atoms with Crippen LogP contribution in [0, 0.1) is 0 Å². The number of rotatable bonds is 5. The zero-order chi connectivity index (χ0) is 13.0. The smallest absolute Gasteiger partial charge is 0.162 e. The summed E-state index contributed by atoms with van der Waals surface area (Å²) in [4.78, 5) is 11.5. The Morgan fingerprint density at radius 3 is 2.56 bits per heavy atom. The number of hydrogen-bond acceptors (Lipinski definition) is 3. The zero-order valence-electron chi connectivity index (χ0n) is 10.6. The molecule has 2 rings (SSSR count). The van der Waals surface area contributed by atoms with Crippen molar-refractivity contribution < 1.29 is 9.53 Å². The van der Waals surface area contributed by atoms with Crippen LogP contribution in [-0.4, -0.2) is 15.6 Å². The molecule has 4 heteroatoms. The van der Waals surface area contributed by atoms with Crippen LogP contribution in [-0.2, 0) is 13.7 Å². The van der Waals surface area contributed by atoms with Gasteiger partial charge in [-0.2, -0.15) is 5.10 Å². The minimum Gasteiger partial charge on any atom is -0.487 e. The van der Waals surface area contributed by atoms with Crippen LogP contribution in [0.5, 0.6) is 5.75 Å². The maximum Gasteiger partial charge on any atom is 0.162 e. The van der Waals surface area contributed by atoms with Crippen LogP contribution in [0.2, 0.25) is 0 Å². The molecular formula is C14H16N2O2. The van der Waals surface area contributed by atoms with E-state index in [0.717, 1.165) is 17.0 Å². The Labute approximate surface area is 106 Å². The monoisotopic (exact) mass is 244 g/mol. The second kappa shape index (κ2) is 5.49. The molecular weight excluding hydrogens is 228 g/mol. The predicted octanol–water partition coefficient (Wildman–Crippen LogP) is 2.59. The summed E-state index contributed by atoms with van der Waals surface area (Å²) in [5.41, 5.74) is 1.61. The third-order valence-corrected chi connectivity index (χ3v) is 2.65. The van der Waals surface area contributed by atoms with Crippen LogP contribution >= 0.6 is 0 Å². The summed E-state index contributed by atoms with van der Waals surface area (Å²) >= 11 is 0. The van der Waals surface area contributed by atoms with Gasteiger partial charge in [0.15, 0.2) is 5.78 Å². The molecule has 0 unspecified atom stereocenters. The van der Waals surface area contributed by atoms with Gasteiger partial charge < -0.3 is 4.74 Å². The Morgan fingerprint density at radius 2 is 2.00 bits per heavy atom. The van der Waals surface area contributed by atoms with Crippen LogP contribution in [0.15, 0.2) is 36.5 Å². The van der Waals surface area contributed by atoms with Crippen LogP contribution in [0.1, 0.15) is 29.4 Å². The maximum absolute atomic E-state index is 11.5. The maximum atomic E-state index is 11.5. The standard InChI is InChI=1S/C14H16N2O2/c1-3-14(17)11-4-6-13(7-5-11)18-10-12-8-9-16(2)15-12/h4-9H,3,10H2,1-2H3. The van der Waals surface area contributed by atoms with Gasteiger partial charge in [-0.3, -0.25) is 9.48 Å². The SMILES string of the molecule is CCC(=O)c1ccc(OCc2ccn(C)n2)cc1. The molecule has 0 aliphatic rings. The fourth-order valence-corrected chi connectivity index (χ4v) is 1.64. The molecule has 0 aliphatic heterocycles. The van der Waals surface area contributed by atoms with Gasteiger partial charge >= 0.3 is 0 Å². The van der Waals surface area contributed by atoms with E-state index in [1.165, 1.54) is 0 Å². The largest absolute Gasteiger partial charge is 0.487 e. The highest BCUT2D eigenvalue weighted by atomic mass is 16.5. The lowest BCUT2D eigenvalue weighted by atomic mass is 10.1. The van der Waals surface area contributed by atoms with E-state index in [-0.39, 0.29) is 5.78 Å². The number of carbonyl (C=O) groups excluding carboxylic acids is 1. The van der Waals surface area contributed by atoms with Crippen LogP contribution in [0.4, 0.5) is 0 Å². The summed E-state index contributed by atoms with van der Waals surface area (Å²) in [7, 11) is 1.87. The lowest BCUT2D eigenvalue weighted by Crippen LogP contribution is -1.99. The molecule has 0 saturated heterocycles. The normalized spacial score (nSPS) is 10.3. The number of hydrogen-bond donors (Lipinski definition) is 0. The summed E-state index contributed by atoms with van der Waals surface area (Å²) in [5.74, 6) is 0.889. The average Bonchev–Trinajstić information content (AvgIpc) is 2.82. The third-order valence-electron chi connectivity index (χ3n) is 2.65. The first-order valence-corrected chi connectivity index (χ1v) is 5.93. The number of carbonyl (C=O) groups is 1. The lowest BCUT2D eigenvalue weighted by molar-refractivity contribution is 0.0988. The Bertz CT molecular complexity index is 529. The van der Waals surface area contributed by atoms with E-state index >= 15 is 0 Å². The zero-order valence-corrected chi connectivity index (χ0v) is 10.6. The van der Waals surface area contributed by atoms with Gasteiger partial charge in [0.25, 0.3) is 0 Å². The van der Waals surface area contributed by atoms with E-state index in [1.807, 2.05) is 38.4 Å². The molecule has 0 spiro atoms. The van der Waals surface area contributed by atoms with E-state index in [0.29, 0.717) is 13.0 Å². The van der Waals surface area contributed by atoms with E-state index in [1.54, 1.807) is 16.8 Å². The number of Topliss-reactive ketones (excluding diaryl/α,β-unsaturated/α-hetero) is 1. The number of aromatic nitrogens is 2. The number of benzene rings is 1. The van der Waals surface area contributed by atoms with E-state index in [9.17, 15) is 4.79 Å². The molecule has 0 aliphatic carbocycles. The Morgan fingerprint density at radius 1 is 1.28 bits per heavy atom. The quantitative estimate of drug-likeness (QED) is 0.759. The number of ketones is 1. The Hall–Kier alpha value is -2.10. The first kappa shape index (κ1) is 12.4. The molecule has 4 nitrogen and oxygen atoms in total. The van der Waals surface area contributed by atoms with Gasteiger partial charge in [0.05, 0.1) is 5.69 Å². The first-order chi connectivity index (χ1) is 8.69. The molecule has 94 valence electrons. The molecule has 0 fully saturated rings. The van der Waals surface area contributed by atoms with Gasteiger partial charge in [0.2, 0.25) is 0 Å². The highest BCUT2D eigenvalue weighted by molar-refractivity contribution is 5.95. The molecule has 18 heavy (non-hydrogen) atoms. The highest BCUT2D eigenvalue weighted by Crippen LogP contribution is 2.14. The molecule has 0 atom stereocenters. The molecule has 2 aromatic rings. The van der Waals surface area contributed by atoms with Gasteiger partial charge in [0, 0.05) is 25.2 Å². The Kier molecular flexibility index (Phi) is 3.77. The minimum atomic E-state index is 0.145. The van der Waals surface area contributed by atoms with Crippen molar-refractivity contribution in [1.82, 2.24) is 9.78 Å². The van der Waals surface area contributed by atoms with Crippen LogP contribution in [0.25, 0.3) is 0 Å². The summed E-state index contributed by atoms with van der Waals surface area (Å²) in [6.07, 6.45) is 2.40. The van der Waals surface area contributed by atoms with Gasteiger partial charge in [-0.15, -0.1) is 0 Å². The molecule has 0 bridgehead atoms. The van der Waals surface area contributed by atoms with Crippen LogP contribution in [0.3, 0.4) is 0 Å². The van der Waals surface area contributed by atoms with E-state index in [4.69, 9.17) is 4.74 Å². The topological polar surface area (TPSA) is 44.1 Å². The predicted molar refractivity (Wildman–Crippen MR) is 68.6 cm³/mol. The Balaban J connectivity index is 1.96. The number of nitrogens with zero attached hydrogens (tertiary/aromatic N) is 2. The molecule has 1 aromatic heterocycles. The third kappa shape index (κ3) is 2.97. The van der Waals surface area contributed by atoms with E-state index in [2.05, 4.69) is 5.10 Å². The average molecular weight is 244 g/mol. The van der Waals surface area contributed by atoms with Gasteiger partial charge in [-0.1, -0.05) is 6.92 Å². The fraction of sp³-hybridized carbons (Fsp3) is 0.286. The summed E-state index contributed by atoms with van der Waals surface area (Å²) < 4.78 is 7.32. The lowest BCUT2D eigenvalue weighted by Gasteiger charge is -2.05. The second-order valence-corrected chi connectivity index (χ2v) is 4.07. The first-order valence-electron chi connectivity index (χ1n) is 5.93. The van der Waals surface area contributed by atoms with Crippen molar-refractivity contribution in [2.45, 2.75) is 20.0 Å². The van der Waals surface area contributed by atoms with Gasteiger partial charge in [-0.05, 0) is 30.3 Å². The van der Waals surface area contributed by atoms with Crippen molar-refractivity contribution in [1.29, 1.82) is 0 Å². The fourth-order valence-electron chi connectivity index (χ4n) is 1.64. The molecule has 1 aromatic carbocycles. The number of ether oxygens (including phenoxy) is 1. The van der Waals surface area contributed by atoms with Crippen molar-refractivity contribution in [2.75, 3.05) is 0 Å². The summed E-state index contributed by atoms with van der Waals surface area (Å²) in [6, 6.07) is 9.12. The van der Waals surface area contributed by atoms with Gasteiger partial charge in [-0.25, -0.2) is 0 Å². The van der Waals surface area contributed by atoms with Crippen molar-refractivity contribution in [3.63, 3.8) is 0 Å². The minimum absolute atomic E-state index is 0.145. The molecule has 1 heterocycles. The highest BCUT2D eigenvalue weighted by Gasteiger charge is 2.03. The van der Waals surface area contributed by atoms with E-state index < -0.39 is 0 Å². The van der Waals surface area contributed by atoms with Crippen molar-refractivity contribution in [2.24, 2.45) is 7.05 Å². The second-order valence-electron chi connectivity index (χ2n) is 4.07. The summed E-state index contributed by atoms with van der Waals surface area (Å²) in [6.45, 7) is 2.29. The molecule has 0 radical (unpaired) electrons. The number of aryl methyl sites for hydroxylation is 1. The van der Waals surface area contributed by atoms with Gasteiger partial charge in [0.1, 0.15) is 12.4 Å². The molecule has 0 N–H and O–H groups in total. The van der Waals surface area contributed by atoms with Crippen LogP contribution < -0.4 is 4.74 Å². The molecule has 0 amide bonds. The van der Waals surface area contributed by atoms with Crippen molar-refractivity contribution >= 4 is 5.78 Å². The van der Waals surface area contributed by atoms with Crippen molar-refractivity contribution in [3.8, 4) is 5.75 Å². The van der Waals surface area contributed by atoms with Crippen molar-refractivity contribution in [3.05, 3.63) is 47.8 Å². The summed E-state index contributed by atoms with van der Waals surface area (Å²) in [5, 5.41) is 4.22. The molecule has 0 saturated carbocycles.